The Hall–Kier alpha value is -3.51. The number of amides is 3. The Morgan fingerprint density at radius 2 is 1.44 bits per heavy atom. The monoisotopic (exact) mass is 480 g/mol. The fourth-order valence-electron chi connectivity index (χ4n) is 3.00. The molecule has 0 bridgehead atoms. The minimum absolute atomic E-state index is 0.0125. The number of carbonyl (C=O) groups is 5. The standard InChI is InChI=1S/C22H32N4O8/c1-12(2)18(22(33)34)26-21(32)16(10-13-6-4-3-5-7-13)25-20(31)15(8-9-17(28)29)24-19(30)14(23)11-27/h3-7,12,14-16,18,27H,8-11,23H2,1-2H3,(H,24,30)(H,25,31)(H,26,32)(H,28,29)(H,33,34). The molecule has 8 N–H and O–H groups in total. The molecule has 0 radical (unpaired) electrons. The number of aliphatic carboxylic acids is 2. The number of benzene rings is 1. The average molecular weight is 481 g/mol. The molecule has 0 spiro atoms. The fourth-order valence-corrected chi connectivity index (χ4v) is 3.00. The van der Waals surface area contributed by atoms with Crippen LogP contribution in [0.4, 0.5) is 0 Å². The molecule has 1 aromatic rings. The number of hydrogen-bond donors (Lipinski definition) is 7. The molecule has 1 rings (SSSR count). The summed E-state index contributed by atoms with van der Waals surface area (Å²) < 4.78 is 0. The number of nitrogens with two attached hydrogens (primary N) is 1. The summed E-state index contributed by atoms with van der Waals surface area (Å²) in [6, 6.07) is 3.55. The molecule has 0 aromatic heterocycles. The van der Waals surface area contributed by atoms with Gasteiger partial charge in [-0.05, 0) is 17.9 Å². The van der Waals surface area contributed by atoms with Crippen LogP contribution in [0.5, 0.6) is 0 Å². The van der Waals surface area contributed by atoms with Crippen LogP contribution < -0.4 is 21.7 Å². The maximum Gasteiger partial charge on any atom is 0.326 e. The first kappa shape index (κ1) is 28.5. The van der Waals surface area contributed by atoms with Gasteiger partial charge in [-0.1, -0.05) is 44.2 Å². The van der Waals surface area contributed by atoms with Crippen LogP contribution in [-0.2, 0) is 30.4 Å². The van der Waals surface area contributed by atoms with Gasteiger partial charge < -0.3 is 37.0 Å². The van der Waals surface area contributed by atoms with Crippen molar-refractivity contribution in [3.8, 4) is 0 Å². The summed E-state index contributed by atoms with van der Waals surface area (Å²) in [7, 11) is 0. The maximum atomic E-state index is 12.9. The molecule has 4 unspecified atom stereocenters. The van der Waals surface area contributed by atoms with Crippen LogP contribution in [0.2, 0.25) is 0 Å². The zero-order valence-electron chi connectivity index (χ0n) is 19.1. The van der Waals surface area contributed by atoms with Crippen LogP contribution in [-0.4, -0.2) is 75.8 Å². The van der Waals surface area contributed by atoms with Crippen molar-refractivity contribution in [2.24, 2.45) is 11.7 Å². The molecular weight excluding hydrogens is 448 g/mol. The van der Waals surface area contributed by atoms with E-state index in [1.54, 1.807) is 44.2 Å². The summed E-state index contributed by atoms with van der Waals surface area (Å²) in [4.78, 5) is 60.5. The van der Waals surface area contributed by atoms with Crippen molar-refractivity contribution in [2.75, 3.05) is 6.61 Å². The van der Waals surface area contributed by atoms with Crippen LogP contribution in [0, 0.1) is 5.92 Å². The first-order valence-electron chi connectivity index (χ1n) is 10.7. The van der Waals surface area contributed by atoms with Crippen LogP contribution in [0.25, 0.3) is 0 Å². The van der Waals surface area contributed by atoms with E-state index in [-0.39, 0.29) is 12.8 Å². The van der Waals surface area contributed by atoms with Crippen molar-refractivity contribution < 1.29 is 39.3 Å². The maximum absolute atomic E-state index is 12.9. The van der Waals surface area contributed by atoms with Gasteiger partial charge in [0.1, 0.15) is 24.2 Å². The molecule has 3 amide bonds. The van der Waals surface area contributed by atoms with E-state index in [1.165, 1.54) is 0 Å². The number of carboxylic acids is 2. The molecule has 0 aliphatic rings. The van der Waals surface area contributed by atoms with E-state index < -0.39 is 72.8 Å². The predicted octanol–water partition coefficient (Wildman–Crippen LogP) is -1.39. The molecule has 188 valence electrons. The quantitative estimate of drug-likeness (QED) is 0.167. The molecular formula is C22H32N4O8. The van der Waals surface area contributed by atoms with Gasteiger partial charge in [-0.15, -0.1) is 0 Å². The SMILES string of the molecule is CC(C)C(NC(=O)C(Cc1ccccc1)NC(=O)C(CCC(=O)O)NC(=O)C(N)CO)C(=O)O. The van der Waals surface area contributed by atoms with Gasteiger partial charge in [0.25, 0.3) is 0 Å². The van der Waals surface area contributed by atoms with E-state index in [2.05, 4.69) is 16.0 Å². The van der Waals surface area contributed by atoms with Gasteiger partial charge >= 0.3 is 11.9 Å². The fraction of sp³-hybridized carbons (Fsp3) is 0.500. The second-order valence-corrected chi connectivity index (χ2v) is 8.10. The first-order chi connectivity index (χ1) is 16.0. The number of carboxylic acid groups (broad SMARTS) is 2. The van der Waals surface area contributed by atoms with E-state index in [0.29, 0.717) is 5.56 Å². The molecule has 0 saturated heterocycles. The zero-order valence-corrected chi connectivity index (χ0v) is 19.1. The third kappa shape index (κ3) is 9.55. The van der Waals surface area contributed by atoms with Gasteiger partial charge in [0.15, 0.2) is 0 Å². The lowest BCUT2D eigenvalue weighted by atomic mass is 10.0. The zero-order chi connectivity index (χ0) is 25.8. The van der Waals surface area contributed by atoms with E-state index in [4.69, 9.17) is 15.9 Å². The Morgan fingerprint density at radius 3 is 1.94 bits per heavy atom. The van der Waals surface area contributed by atoms with Crippen molar-refractivity contribution in [3.05, 3.63) is 35.9 Å². The van der Waals surface area contributed by atoms with Crippen LogP contribution in [0.15, 0.2) is 30.3 Å². The van der Waals surface area contributed by atoms with Crippen molar-refractivity contribution in [1.82, 2.24) is 16.0 Å². The Morgan fingerprint density at radius 1 is 0.882 bits per heavy atom. The van der Waals surface area contributed by atoms with E-state index in [0.717, 1.165) is 0 Å². The van der Waals surface area contributed by atoms with Crippen molar-refractivity contribution in [1.29, 1.82) is 0 Å². The third-order valence-electron chi connectivity index (χ3n) is 4.96. The summed E-state index contributed by atoms with van der Waals surface area (Å²) in [5.74, 6) is -5.36. The lowest BCUT2D eigenvalue weighted by Crippen LogP contribution is -2.58. The molecule has 0 heterocycles. The topological polar surface area (TPSA) is 208 Å². The molecule has 0 saturated carbocycles. The van der Waals surface area contributed by atoms with Gasteiger partial charge in [-0.2, -0.15) is 0 Å². The Bertz CT molecular complexity index is 862. The molecule has 0 aliphatic heterocycles. The lowest BCUT2D eigenvalue weighted by Gasteiger charge is -2.26. The highest BCUT2D eigenvalue weighted by molar-refractivity contribution is 5.94. The number of aliphatic hydroxyl groups is 1. The highest BCUT2D eigenvalue weighted by Gasteiger charge is 2.31. The number of carbonyl (C=O) groups excluding carboxylic acids is 3. The molecule has 4 atom stereocenters. The summed E-state index contributed by atoms with van der Waals surface area (Å²) in [6.07, 6.45) is -0.746. The highest BCUT2D eigenvalue weighted by atomic mass is 16.4. The minimum atomic E-state index is -1.35. The summed E-state index contributed by atoms with van der Waals surface area (Å²) in [6.45, 7) is 2.54. The molecule has 1 aromatic carbocycles. The predicted molar refractivity (Wildman–Crippen MR) is 120 cm³/mol. The molecule has 0 fully saturated rings. The average Bonchev–Trinajstić information content (AvgIpc) is 2.78. The summed E-state index contributed by atoms with van der Waals surface area (Å²) in [5, 5.41) is 34.6. The van der Waals surface area contributed by atoms with Gasteiger partial charge in [0.2, 0.25) is 17.7 Å². The Kier molecular flexibility index (Phi) is 11.7. The van der Waals surface area contributed by atoms with E-state index in [9.17, 15) is 29.1 Å². The Labute approximate surface area is 196 Å². The van der Waals surface area contributed by atoms with E-state index >= 15 is 0 Å². The normalized spacial score (nSPS) is 14.4. The van der Waals surface area contributed by atoms with Crippen molar-refractivity contribution >= 4 is 29.7 Å². The molecule has 12 nitrogen and oxygen atoms in total. The second kappa shape index (κ2) is 13.9. The third-order valence-corrected chi connectivity index (χ3v) is 4.96. The first-order valence-corrected chi connectivity index (χ1v) is 10.7. The van der Waals surface area contributed by atoms with Gasteiger partial charge in [-0.3, -0.25) is 19.2 Å². The highest BCUT2D eigenvalue weighted by Crippen LogP contribution is 2.08. The summed E-state index contributed by atoms with van der Waals surface area (Å²) >= 11 is 0. The van der Waals surface area contributed by atoms with Gasteiger partial charge in [0, 0.05) is 12.8 Å². The number of nitrogens with one attached hydrogen (secondary N) is 3. The minimum Gasteiger partial charge on any atom is -0.481 e. The summed E-state index contributed by atoms with van der Waals surface area (Å²) in [5.41, 5.74) is 6.13. The van der Waals surface area contributed by atoms with Crippen LogP contribution in [0.3, 0.4) is 0 Å². The lowest BCUT2D eigenvalue weighted by molar-refractivity contribution is -0.143. The van der Waals surface area contributed by atoms with Crippen molar-refractivity contribution in [3.63, 3.8) is 0 Å². The van der Waals surface area contributed by atoms with Crippen LogP contribution >= 0.6 is 0 Å². The number of hydrogen-bond acceptors (Lipinski definition) is 7. The number of rotatable bonds is 14. The van der Waals surface area contributed by atoms with Crippen molar-refractivity contribution in [2.45, 2.75) is 57.3 Å². The van der Waals surface area contributed by atoms with Gasteiger partial charge in [-0.25, -0.2) is 4.79 Å². The second-order valence-electron chi connectivity index (χ2n) is 8.10. The van der Waals surface area contributed by atoms with Crippen LogP contribution in [0.1, 0.15) is 32.3 Å². The smallest absolute Gasteiger partial charge is 0.326 e. The van der Waals surface area contributed by atoms with E-state index in [1.807, 2.05) is 0 Å². The van der Waals surface area contributed by atoms with Gasteiger partial charge in [0.05, 0.1) is 6.61 Å². The Balaban J connectivity index is 3.13. The number of aliphatic hydroxyl groups excluding tert-OH is 1. The molecule has 0 aliphatic carbocycles. The molecule has 34 heavy (non-hydrogen) atoms. The molecule has 12 heteroatoms. The largest absolute Gasteiger partial charge is 0.481 e.